The minimum atomic E-state index is -0.753. The summed E-state index contributed by atoms with van der Waals surface area (Å²) in [5.74, 6) is -0.920. The van der Waals surface area contributed by atoms with Gasteiger partial charge >= 0.3 is 5.76 Å². The van der Waals surface area contributed by atoms with Gasteiger partial charge in [0.05, 0.1) is 28.9 Å². The smallest absolute Gasteiger partial charge is 0.439 e. The molecular formula is C23H18ClFN6O4. The number of nitrogens with one attached hydrogen (secondary N) is 2. The lowest BCUT2D eigenvalue weighted by Gasteiger charge is -2.19. The second kappa shape index (κ2) is 8.51. The second-order valence-corrected chi connectivity index (χ2v) is 8.39. The number of H-pyrrole nitrogens is 1. The van der Waals surface area contributed by atoms with E-state index in [-0.39, 0.29) is 33.1 Å². The van der Waals surface area contributed by atoms with Gasteiger partial charge in [0, 0.05) is 24.4 Å². The standard InChI is InChI=1S/C23H18ClFN6O4/c1-10-19(32)15-7-13(25)6-14(21(15)34-20(10)12-8-26-31(3)9-12)11(2)27-16-4-5-17(24)28-18(16)22-29-23(33)35-30-22/h4-9,11,27H,1-3H3,(H,29,30,33)/t11-/m1/s1. The van der Waals surface area contributed by atoms with Crippen molar-refractivity contribution in [3.05, 3.63) is 79.5 Å². The number of hydrogen-bond acceptors (Lipinski definition) is 8. The largest absolute Gasteiger partial charge is 0.455 e. The minimum absolute atomic E-state index is 0.0670. The fraction of sp³-hybridized carbons (Fsp3) is 0.174. The molecule has 4 aromatic heterocycles. The molecule has 0 saturated heterocycles. The summed E-state index contributed by atoms with van der Waals surface area (Å²) in [4.78, 5) is 31.2. The predicted octanol–water partition coefficient (Wildman–Crippen LogP) is 4.21. The van der Waals surface area contributed by atoms with E-state index in [1.807, 2.05) is 0 Å². The molecule has 0 aliphatic heterocycles. The van der Waals surface area contributed by atoms with Crippen LogP contribution < -0.4 is 16.5 Å². The van der Waals surface area contributed by atoms with Crippen LogP contribution in [0.3, 0.4) is 0 Å². The Balaban J connectivity index is 1.64. The Kier molecular flexibility index (Phi) is 5.48. The van der Waals surface area contributed by atoms with E-state index in [0.717, 1.165) is 6.07 Å². The van der Waals surface area contributed by atoms with Crippen LogP contribution in [0.1, 0.15) is 24.1 Å². The third-order valence-corrected chi connectivity index (χ3v) is 5.75. The lowest BCUT2D eigenvalue weighted by molar-refractivity contribution is 0.388. The molecule has 4 heterocycles. The van der Waals surface area contributed by atoms with Crippen molar-refractivity contribution in [3.8, 4) is 22.8 Å². The number of aromatic nitrogens is 5. The molecule has 0 bridgehead atoms. The molecule has 2 N–H and O–H groups in total. The fourth-order valence-corrected chi connectivity index (χ4v) is 4.04. The van der Waals surface area contributed by atoms with E-state index in [4.69, 9.17) is 16.0 Å². The number of halogens is 2. The Hall–Kier alpha value is -4.25. The van der Waals surface area contributed by atoms with E-state index in [1.54, 1.807) is 50.1 Å². The Labute approximate surface area is 201 Å². The third-order valence-electron chi connectivity index (χ3n) is 5.54. The van der Waals surface area contributed by atoms with Gasteiger partial charge in [-0.3, -0.25) is 19.0 Å². The van der Waals surface area contributed by atoms with Gasteiger partial charge in [0.25, 0.3) is 0 Å². The molecule has 0 fully saturated rings. The maximum atomic E-state index is 14.6. The summed E-state index contributed by atoms with van der Waals surface area (Å²) >= 11 is 6.04. The average molecular weight is 497 g/mol. The number of rotatable bonds is 5. The summed E-state index contributed by atoms with van der Waals surface area (Å²) in [7, 11) is 1.75. The van der Waals surface area contributed by atoms with E-state index >= 15 is 0 Å². The molecule has 0 spiro atoms. The Morgan fingerprint density at radius 1 is 1.26 bits per heavy atom. The maximum absolute atomic E-state index is 14.6. The molecule has 178 valence electrons. The van der Waals surface area contributed by atoms with Gasteiger partial charge in [-0.2, -0.15) is 5.10 Å². The molecule has 0 aliphatic rings. The first-order chi connectivity index (χ1) is 16.7. The molecule has 10 nitrogen and oxygen atoms in total. The third kappa shape index (κ3) is 4.10. The maximum Gasteiger partial charge on any atom is 0.439 e. The first-order valence-electron chi connectivity index (χ1n) is 10.5. The number of benzene rings is 1. The quantitative estimate of drug-likeness (QED) is 0.346. The lowest BCUT2D eigenvalue weighted by atomic mass is 10.0. The SMILES string of the molecule is Cc1c(-c2cnn(C)c2)oc2c([C@@H](C)Nc3ccc(Cl)nc3-c3noc(=O)[nH]3)cc(F)cc2c1=O. The van der Waals surface area contributed by atoms with Gasteiger partial charge in [-0.1, -0.05) is 16.8 Å². The second-order valence-electron chi connectivity index (χ2n) is 8.00. The number of hydrogen-bond donors (Lipinski definition) is 2. The van der Waals surface area contributed by atoms with Crippen molar-refractivity contribution in [2.75, 3.05) is 5.32 Å². The van der Waals surface area contributed by atoms with Crippen molar-refractivity contribution in [3.63, 3.8) is 0 Å². The molecule has 35 heavy (non-hydrogen) atoms. The zero-order valence-corrected chi connectivity index (χ0v) is 19.5. The monoisotopic (exact) mass is 496 g/mol. The van der Waals surface area contributed by atoms with Crippen molar-refractivity contribution in [1.82, 2.24) is 24.9 Å². The van der Waals surface area contributed by atoms with Crippen LogP contribution in [0, 0.1) is 12.7 Å². The van der Waals surface area contributed by atoms with Crippen LogP contribution in [-0.4, -0.2) is 24.9 Å². The summed E-state index contributed by atoms with van der Waals surface area (Å²) in [6.45, 7) is 3.39. The van der Waals surface area contributed by atoms with Gasteiger partial charge in [-0.25, -0.2) is 14.2 Å². The predicted molar refractivity (Wildman–Crippen MR) is 127 cm³/mol. The molecule has 5 rings (SSSR count). The summed E-state index contributed by atoms with van der Waals surface area (Å²) in [6, 6.07) is 5.07. The van der Waals surface area contributed by atoms with Crippen molar-refractivity contribution in [2.45, 2.75) is 19.9 Å². The van der Waals surface area contributed by atoms with Crippen molar-refractivity contribution in [2.24, 2.45) is 7.05 Å². The fourth-order valence-electron chi connectivity index (χ4n) is 3.89. The summed E-state index contributed by atoms with van der Waals surface area (Å²) in [6.07, 6.45) is 3.32. The molecule has 1 atom stereocenters. The van der Waals surface area contributed by atoms with Crippen LogP contribution in [0.2, 0.25) is 5.15 Å². The van der Waals surface area contributed by atoms with Gasteiger partial charge in [0.1, 0.15) is 28.0 Å². The first kappa shape index (κ1) is 22.5. The highest BCUT2D eigenvalue weighted by Gasteiger charge is 2.22. The zero-order chi connectivity index (χ0) is 24.9. The zero-order valence-electron chi connectivity index (χ0n) is 18.7. The van der Waals surface area contributed by atoms with Crippen LogP contribution in [-0.2, 0) is 7.05 Å². The van der Waals surface area contributed by atoms with Gasteiger partial charge in [-0.05, 0) is 38.1 Å². The highest BCUT2D eigenvalue weighted by Crippen LogP contribution is 2.33. The molecule has 0 saturated carbocycles. The number of pyridine rings is 1. The molecule has 1 aromatic carbocycles. The van der Waals surface area contributed by atoms with E-state index in [9.17, 15) is 14.0 Å². The topological polar surface area (TPSA) is 132 Å². The number of aromatic amines is 1. The van der Waals surface area contributed by atoms with Gasteiger partial charge < -0.3 is 9.73 Å². The molecular weight excluding hydrogens is 479 g/mol. The van der Waals surface area contributed by atoms with Crippen molar-refractivity contribution >= 4 is 28.3 Å². The number of fused-ring (bicyclic) bond motifs is 1. The Morgan fingerprint density at radius 3 is 2.74 bits per heavy atom. The van der Waals surface area contributed by atoms with Crippen LogP contribution >= 0.6 is 11.6 Å². The molecule has 0 radical (unpaired) electrons. The number of nitrogens with zero attached hydrogens (tertiary/aromatic N) is 4. The number of aryl methyl sites for hydroxylation is 1. The van der Waals surface area contributed by atoms with Gasteiger partial charge in [0.15, 0.2) is 5.43 Å². The van der Waals surface area contributed by atoms with Gasteiger partial charge in [0.2, 0.25) is 5.82 Å². The highest BCUT2D eigenvalue weighted by atomic mass is 35.5. The lowest BCUT2D eigenvalue weighted by Crippen LogP contribution is -2.13. The van der Waals surface area contributed by atoms with Crippen molar-refractivity contribution in [1.29, 1.82) is 0 Å². The molecule has 5 aromatic rings. The summed E-state index contributed by atoms with van der Waals surface area (Å²) in [5, 5.41) is 11.3. The normalized spacial score (nSPS) is 12.3. The molecule has 12 heteroatoms. The van der Waals surface area contributed by atoms with Crippen LogP contribution in [0.25, 0.3) is 33.8 Å². The van der Waals surface area contributed by atoms with E-state index < -0.39 is 17.6 Å². The Morgan fingerprint density at radius 2 is 2.06 bits per heavy atom. The summed E-state index contributed by atoms with van der Waals surface area (Å²) < 4.78 is 27.0. The number of anilines is 1. The average Bonchev–Trinajstić information content (AvgIpc) is 3.45. The first-order valence-corrected chi connectivity index (χ1v) is 10.8. The summed E-state index contributed by atoms with van der Waals surface area (Å²) in [5.41, 5.74) is 1.93. The van der Waals surface area contributed by atoms with Crippen LogP contribution in [0.4, 0.5) is 10.1 Å². The van der Waals surface area contributed by atoms with E-state index in [2.05, 4.69) is 30.1 Å². The molecule has 0 amide bonds. The minimum Gasteiger partial charge on any atom is -0.455 e. The van der Waals surface area contributed by atoms with E-state index in [1.165, 1.54) is 6.07 Å². The van der Waals surface area contributed by atoms with Crippen LogP contribution in [0.15, 0.2) is 55.2 Å². The van der Waals surface area contributed by atoms with Gasteiger partial charge in [-0.15, -0.1) is 0 Å². The molecule has 0 unspecified atom stereocenters. The van der Waals surface area contributed by atoms with Crippen molar-refractivity contribution < 1.29 is 13.3 Å². The van der Waals surface area contributed by atoms with Crippen LogP contribution in [0.5, 0.6) is 0 Å². The van der Waals surface area contributed by atoms with E-state index in [0.29, 0.717) is 28.1 Å². The molecule has 0 aliphatic carbocycles. The highest BCUT2D eigenvalue weighted by molar-refractivity contribution is 6.29. The Bertz CT molecular complexity index is 1700.